The standard InChI is InChI=1S/C20H16N2O3/c21-18(23)6-3-7-22-19(24)16-10-14-8-12-4-1-2-5-13(12)9-15(14)11-17(16)20(22)25/h1-2,4-5,8-11H,3,6-7H2,(H2,21,23). The first-order chi connectivity index (χ1) is 12.0. The van der Waals surface area contributed by atoms with Gasteiger partial charge in [-0.3, -0.25) is 19.3 Å². The van der Waals surface area contributed by atoms with Crippen LogP contribution in [0.4, 0.5) is 0 Å². The molecule has 0 saturated carbocycles. The van der Waals surface area contributed by atoms with Crippen LogP contribution in [0.15, 0.2) is 48.5 Å². The lowest BCUT2D eigenvalue weighted by Gasteiger charge is -2.12. The summed E-state index contributed by atoms with van der Waals surface area (Å²) in [5, 5.41) is 4.03. The van der Waals surface area contributed by atoms with Crippen molar-refractivity contribution in [2.75, 3.05) is 6.54 Å². The minimum Gasteiger partial charge on any atom is -0.370 e. The highest BCUT2D eigenvalue weighted by Gasteiger charge is 2.35. The second-order valence-corrected chi connectivity index (χ2v) is 6.28. The monoisotopic (exact) mass is 332 g/mol. The Kier molecular flexibility index (Phi) is 3.50. The molecule has 0 bridgehead atoms. The molecule has 0 fully saturated rings. The number of nitrogens with two attached hydrogens (primary N) is 1. The van der Waals surface area contributed by atoms with Gasteiger partial charge in [-0.2, -0.15) is 0 Å². The molecule has 1 heterocycles. The summed E-state index contributed by atoms with van der Waals surface area (Å²) in [5.41, 5.74) is 5.97. The summed E-state index contributed by atoms with van der Waals surface area (Å²) in [4.78, 5) is 37.2. The molecule has 0 atom stereocenters. The molecular weight excluding hydrogens is 316 g/mol. The number of rotatable bonds is 4. The lowest BCUT2D eigenvalue weighted by molar-refractivity contribution is -0.118. The summed E-state index contributed by atoms with van der Waals surface area (Å²) in [6.07, 6.45) is 0.533. The molecule has 0 spiro atoms. The van der Waals surface area contributed by atoms with Crippen molar-refractivity contribution >= 4 is 39.3 Å². The SMILES string of the molecule is NC(=O)CCCN1C(=O)c2cc3cc4ccccc4cc3cc2C1=O. The third-order valence-electron chi connectivity index (χ3n) is 4.60. The number of primary amides is 1. The highest BCUT2D eigenvalue weighted by molar-refractivity contribution is 6.23. The maximum atomic E-state index is 12.6. The molecule has 0 saturated heterocycles. The van der Waals surface area contributed by atoms with E-state index in [0.29, 0.717) is 17.5 Å². The number of imide groups is 1. The normalized spacial score (nSPS) is 13.7. The Hall–Kier alpha value is -3.21. The third-order valence-corrected chi connectivity index (χ3v) is 4.60. The molecule has 3 aromatic rings. The van der Waals surface area contributed by atoms with E-state index in [2.05, 4.69) is 0 Å². The van der Waals surface area contributed by atoms with E-state index >= 15 is 0 Å². The number of hydrogen-bond acceptors (Lipinski definition) is 3. The molecule has 0 unspecified atom stereocenters. The van der Waals surface area contributed by atoms with Crippen molar-refractivity contribution in [1.29, 1.82) is 0 Å². The smallest absolute Gasteiger partial charge is 0.261 e. The summed E-state index contributed by atoms with van der Waals surface area (Å²) in [6.45, 7) is 0.202. The van der Waals surface area contributed by atoms with Gasteiger partial charge >= 0.3 is 0 Å². The Morgan fingerprint density at radius 1 is 0.840 bits per heavy atom. The molecule has 0 aliphatic carbocycles. The fraction of sp³-hybridized carbons (Fsp3) is 0.150. The summed E-state index contributed by atoms with van der Waals surface area (Å²) < 4.78 is 0. The van der Waals surface area contributed by atoms with Crippen molar-refractivity contribution in [1.82, 2.24) is 4.90 Å². The van der Waals surface area contributed by atoms with Gasteiger partial charge in [0, 0.05) is 13.0 Å². The Balaban J connectivity index is 1.75. The molecule has 1 aliphatic rings. The molecule has 1 aliphatic heterocycles. The Bertz CT molecular complexity index is 981. The van der Waals surface area contributed by atoms with Crippen LogP contribution in [0, 0.1) is 0 Å². The second kappa shape index (κ2) is 5.70. The third kappa shape index (κ3) is 2.54. The number of carbonyl (C=O) groups is 3. The van der Waals surface area contributed by atoms with Crippen LogP contribution >= 0.6 is 0 Å². The van der Waals surface area contributed by atoms with E-state index in [1.165, 1.54) is 4.90 Å². The van der Waals surface area contributed by atoms with Crippen molar-refractivity contribution in [2.45, 2.75) is 12.8 Å². The van der Waals surface area contributed by atoms with Gasteiger partial charge < -0.3 is 5.73 Å². The van der Waals surface area contributed by atoms with E-state index in [1.54, 1.807) is 12.1 Å². The average Bonchev–Trinajstić information content (AvgIpc) is 2.82. The highest BCUT2D eigenvalue weighted by atomic mass is 16.2. The van der Waals surface area contributed by atoms with Crippen LogP contribution in [-0.2, 0) is 4.79 Å². The minimum atomic E-state index is -0.436. The highest BCUT2D eigenvalue weighted by Crippen LogP contribution is 2.30. The summed E-state index contributed by atoms with van der Waals surface area (Å²) in [6, 6.07) is 15.6. The number of nitrogens with zero attached hydrogens (tertiary/aromatic N) is 1. The molecule has 0 radical (unpaired) electrons. The molecule has 5 heteroatoms. The van der Waals surface area contributed by atoms with Crippen LogP contribution in [0.5, 0.6) is 0 Å². The van der Waals surface area contributed by atoms with Crippen molar-refractivity contribution in [3.8, 4) is 0 Å². The first-order valence-electron chi connectivity index (χ1n) is 8.15. The molecule has 25 heavy (non-hydrogen) atoms. The molecule has 3 amide bonds. The van der Waals surface area contributed by atoms with E-state index in [9.17, 15) is 14.4 Å². The van der Waals surface area contributed by atoms with Crippen LogP contribution in [0.25, 0.3) is 21.5 Å². The topological polar surface area (TPSA) is 80.5 Å². The predicted molar refractivity (Wildman–Crippen MR) is 95.2 cm³/mol. The first-order valence-corrected chi connectivity index (χ1v) is 8.15. The number of hydrogen-bond donors (Lipinski definition) is 1. The van der Waals surface area contributed by atoms with Crippen LogP contribution in [0.2, 0.25) is 0 Å². The van der Waals surface area contributed by atoms with Crippen LogP contribution in [-0.4, -0.2) is 29.2 Å². The van der Waals surface area contributed by atoms with E-state index in [0.717, 1.165) is 21.5 Å². The van der Waals surface area contributed by atoms with E-state index in [-0.39, 0.29) is 24.8 Å². The van der Waals surface area contributed by atoms with E-state index in [4.69, 9.17) is 5.73 Å². The Morgan fingerprint density at radius 2 is 1.36 bits per heavy atom. The van der Waals surface area contributed by atoms with Gasteiger partial charge in [-0.15, -0.1) is 0 Å². The van der Waals surface area contributed by atoms with Crippen molar-refractivity contribution in [3.63, 3.8) is 0 Å². The van der Waals surface area contributed by atoms with Crippen LogP contribution in [0.1, 0.15) is 33.6 Å². The minimum absolute atomic E-state index is 0.154. The zero-order chi connectivity index (χ0) is 17.6. The molecular formula is C20H16N2O3. The second-order valence-electron chi connectivity index (χ2n) is 6.28. The molecule has 5 nitrogen and oxygen atoms in total. The maximum absolute atomic E-state index is 12.6. The van der Waals surface area contributed by atoms with Gasteiger partial charge in [0.2, 0.25) is 5.91 Å². The first kappa shape index (κ1) is 15.3. The van der Waals surface area contributed by atoms with Gasteiger partial charge in [-0.05, 0) is 52.2 Å². The lowest BCUT2D eigenvalue weighted by Crippen LogP contribution is -2.31. The average molecular weight is 332 g/mol. The van der Waals surface area contributed by atoms with E-state index in [1.807, 2.05) is 36.4 Å². The number of fused-ring (bicyclic) bond motifs is 3. The zero-order valence-corrected chi connectivity index (χ0v) is 13.5. The van der Waals surface area contributed by atoms with Gasteiger partial charge in [-0.1, -0.05) is 24.3 Å². The maximum Gasteiger partial charge on any atom is 0.261 e. The van der Waals surface area contributed by atoms with Crippen molar-refractivity contribution in [2.24, 2.45) is 5.73 Å². The Labute approximate surface area is 144 Å². The quantitative estimate of drug-likeness (QED) is 0.589. The van der Waals surface area contributed by atoms with Crippen LogP contribution < -0.4 is 5.73 Å². The fourth-order valence-corrected chi connectivity index (χ4v) is 3.34. The molecule has 0 aromatic heterocycles. The van der Waals surface area contributed by atoms with Gasteiger partial charge in [0.25, 0.3) is 11.8 Å². The number of carbonyl (C=O) groups excluding carboxylic acids is 3. The molecule has 3 aromatic carbocycles. The Morgan fingerprint density at radius 3 is 1.84 bits per heavy atom. The molecule has 124 valence electrons. The summed E-state index contributed by atoms with van der Waals surface area (Å²) in [5.74, 6) is -1.05. The van der Waals surface area contributed by atoms with Gasteiger partial charge in [0.1, 0.15) is 0 Å². The molecule has 4 rings (SSSR count). The lowest BCUT2D eigenvalue weighted by atomic mass is 9.99. The van der Waals surface area contributed by atoms with Crippen molar-refractivity contribution in [3.05, 3.63) is 59.7 Å². The number of amides is 3. The molecule has 2 N–H and O–H groups in total. The zero-order valence-electron chi connectivity index (χ0n) is 13.5. The van der Waals surface area contributed by atoms with E-state index < -0.39 is 5.91 Å². The number of benzene rings is 3. The van der Waals surface area contributed by atoms with Gasteiger partial charge in [0.15, 0.2) is 0 Å². The summed E-state index contributed by atoms with van der Waals surface area (Å²) in [7, 11) is 0. The predicted octanol–water partition coefficient (Wildman–Crippen LogP) is 2.85. The van der Waals surface area contributed by atoms with Crippen molar-refractivity contribution < 1.29 is 14.4 Å². The fourth-order valence-electron chi connectivity index (χ4n) is 3.34. The van der Waals surface area contributed by atoms with Gasteiger partial charge in [0.05, 0.1) is 11.1 Å². The summed E-state index contributed by atoms with van der Waals surface area (Å²) >= 11 is 0. The largest absolute Gasteiger partial charge is 0.370 e. The van der Waals surface area contributed by atoms with Gasteiger partial charge in [-0.25, -0.2) is 0 Å². The van der Waals surface area contributed by atoms with Crippen LogP contribution in [0.3, 0.4) is 0 Å².